The first-order chi connectivity index (χ1) is 8.79. The Bertz CT molecular complexity index is 63.1. The van der Waals surface area contributed by atoms with Crippen molar-refractivity contribution in [1.29, 1.82) is 0 Å². The number of rotatable bonds is 0. The summed E-state index contributed by atoms with van der Waals surface area (Å²) in [4.78, 5) is 4.72. The number of piperazine rings is 1. The van der Waals surface area contributed by atoms with E-state index in [1.165, 1.54) is 26.2 Å². The van der Waals surface area contributed by atoms with Crippen molar-refractivity contribution in [3.63, 3.8) is 0 Å². The first kappa shape index (κ1) is 30.7. The van der Waals surface area contributed by atoms with Gasteiger partial charge in [0.05, 0.1) is 0 Å². The highest BCUT2D eigenvalue weighted by Gasteiger charge is 2.07. The largest absolute Gasteiger partial charge is 0.304 e. The molecular formula is C16H46N2. The van der Waals surface area contributed by atoms with Gasteiger partial charge in [-0.25, -0.2) is 0 Å². The third-order valence-electron chi connectivity index (χ3n) is 1.73. The maximum atomic E-state index is 2.36. The second-order valence-corrected chi connectivity index (χ2v) is 2.61. The standard InChI is InChI=1S/C6H14N2.5C2H6.H2/c1-7-3-5-8(2)6-4-7;5*1-2;/h3-6H2,1-2H3;5*1-2H3;1H/i;;;;;;1+2. The predicted octanol–water partition coefficient (Wildman–Crippen LogP) is 5.24. The van der Waals surface area contributed by atoms with Crippen molar-refractivity contribution >= 4 is 0 Å². The monoisotopic (exact) mass is 268 g/mol. The van der Waals surface area contributed by atoms with E-state index >= 15 is 0 Å². The highest BCUT2D eigenvalue weighted by molar-refractivity contribution is 4.64. The van der Waals surface area contributed by atoms with E-state index in [0.29, 0.717) is 0 Å². The summed E-state index contributed by atoms with van der Waals surface area (Å²) in [6, 6.07) is 0. The van der Waals surface area contributed by atoms with Gasteiger partial charge in [-0.05, 0) is 14.1 Å². The minimum Gasteiger partial charge on any atom is -0.304 e. The minimum atomic E-state index is 0. The van der Waals surface area contributed by atoms with Crippen LogP contribution in [0.5, 0.6) is 0 Å². The van der Waals surface area contributed by atoms with Gasteiger partial charge < -0.3 is 9.80 Å². The van der Waals surface area contributed by atoms with Crippen LogP contribution in [-0.2, 0) is 0 Å². The molecule has 0 bridgehead atoms. The Kier molecular flexibility index (Phi) is 74.4. The van der Waals surface area contributed by atoms with E-state index in [1.54, 1.807) is 0 Å². The van der Waals surface area contributed by atoms with Crippen molar-refractivity contribution in [2.45, 2.75) is 69.2 Å². The Morgan fingerprint density at radius 2 is 0.556 bits per heavy atom. The Morgan fingerprint density at radius 3 is 0.667 bits per heavy atom. The quantitative estimate of drug-likeness (QED) is 0.593. The van der Waals surface area contributed by atoms with Crippen LogP contribution in [-0.4, -0.2) is 50.1 Å². The van der Waals surface area contributed by atoms with Gasteiger partial charge in [-0.3, -0.25) is 0 Å². The number of hydrogen-bond acceptors (Lipinski definition) is 2. The molecule has 0 radical (unpaired) electrons. The van der Waals surface area contributed by atoms with Crippen LogP contribution in [0.15, 0.2) is 0 Å². The van der Waals surface area contributed by atoms with Crippen LogP contribution in [0, 0.1) is 0 Å². The van der Waals surface area contributed by atoms with E-state index in [0.717, 1.165) is 0 Å². The van der Waals surface area contributed by atoms with Crippen molar-refractivity contribution in [1.82, 2.24) is 9.80 Å². The lowest BCUT2D eigenvalue weighted by Crippen LogP contribution is -2.42. The summed E-state index contributed by atoms with van der Waals surface area (Å²) in [5.41, 5.74) is 0. The lowest BCUT2D eigenvalue weighted by Gasteiger charge is -2.28. The number of likely N-dealkylation sites (N-methyl/N-ethyl adjacent to an activating group) is 2. The SMILES string of the molecule is CC.CC.CC.CC.CC.CN1CCN(C)CC1.[3HH]. The molecule has 2 heteroatoms. The van der Waals surface area contributed by atoms with Crippen molar-refractivity contribution in [2.24, 2.45) is 0 Å². The molecule has 1 rings (SSSR count). The normalized spacial score (nSPS) is 13.3. The molecule has 1 heterocycles. The smallest absolute Gasteiger partial charge is 0.0107 e. The molecule has 1 aliphatic heterocycles. The zero-order chi connectivity index (χ0) is 16.0. The molecule has 2 nitrogen and oxygen atoms in total. The zero-order valence-corrected chi connectivity index (χ0v) is 15.7. The predicted molar refractivity (Wildman–Crippen MR) is 93.8 cm³/mol. The van der Waals surface area contributed by atoms with Crippen LogP contribution in [0.2, 0.25) is 0 Å². The molecule has 0 aromatic carbocycles. The van der Waals surface area contributed by atoms with E-state index < -0.39 is 0 Å². The van der Waals surface area contributed by atoms with Gasteiger partial charge in [0.15, 0.2) is 0 Å². The average Bonchev–Trinajstić information content (AvgIpc) is 2.52. The van der Waals surface area contributed by atoms with Gasteiger partial charge >= 0.3 is 0 Å². The van der Waals surface area contributed by atoms with E-state index in [2.05, 4.69) is 23.9 Å². The highest BCUT2D eigenvalue weighted by Crippen LogP contribution is 1.93. The van der Waals surface area contributed by atoms with Crippen molar-refractivity contribution in [3.8, 4) is 0 Å². The van der Waals surface area contributed by atoms with Crippen LogP contribution in [0.3, 0.4) is 0 Å². The molecule has 120 valence electrons. The first-order valence-electron chi connectivity index (χ1n) is 8.16. The van der Waals surface area contributed by atoms with Crippen molar-refractivity contribution in [2.75, 3.05) is 40.3 Å². The van der Waals surface area contributed by atoms with E-state index in [9.17, 15) is 0 Å². The number of hydrogen-bond donors (Lipinski definition) is 0. The van der Waals surface area contributed by atoms with Gasteiger partial charge in [0.1, 0.15) is 0 Å². The van der Waals surface area contributed by atoms with Gasteiger partial charge in [-0.2, -0.15) is 0 Å². The molecule has 18 heavy (non-hydrogen) atoms. The summed E-state index contributed by atoms with van der Waals surface area (Å²) in [6.07, 6.45) is 0. The maximum Gasteiger partial charge on any atom is 0.0107 e. The van der Waals surface area contributed by atoms with Crippen LogP contribution in [0.25, 0.3) is 0 Å². The van der Waals surface area contributed by atoms with E-state index in [1.807, 2.05) is 69.2 Å². The molecule has 0 atom stereocenters. The molecule has 1 saturated heterocycles. The molecule has 0 aliphatic carbocycles. The molecular weight excluding hydrogens is 220 g/mol. The lowest BCUT2D eigenvalue weighted by molar-refractivity contribution is 0.181. The third kappa shape index (κ3) is 36.0. The molecule has 1 aliphatic rings. The second kappa shape index (κ2) is 43.6. The highest BCUT2D eigenvalue weighted by atomic mass is 15.2. The topological polar surface area (TPSA) is 6.48 Å². The van der Waals surface area contributed by atoms with Gasteiger partial charge in [0.25, 0.3) is 0 Å². The van der Waals surface area contributed by atoms with Crippen LogP contribution in [0.4, 0.5) is 0 Å². The average molecular weight is 269 g/mol. The van der Waals surface area contributed by atoms with Crippen LogP contribution < -0.4 is 0 Å². The van der Waals surface area contributed by atoms with Crippen LogP contribution in [0.1, 0.15) is 70.7 Å². The fourth-order valence-corrected chi connectivity index (χ4v) is 0.906. The molecule has 1 fully saturated rings. The first-order valence-corrected chi connectivity index (χ1v) is 8.16. The zero-order valence-electron chi connectivity index (χ0n) is 15.7. The summed E-state index contributed by atoms with van der Waals surface area (Å²) in [5.74, 6) is 0. The fraction of sp³-hybridized carbons (Fsp3) is 1.00. The summed E-state index contributed by atoms with van der Waals surface area (Å²) in [7, 11) is 4.35. The Hall–Kier alpha value is -0.0800. The summed E-state index contributed by atoms with van der Waals surface area (Å²) >= 11 is 0. The molecule has 0 saturated carbocycles. The third-order valence-corrected chi connectivity index (χ3v) is 1.73. The molecule has 0 unspecified atom stereocenters. The van der Waals surface area contributed by atoms with Gasteiger partial charge in [-0.1, -0.05) is 69.2 Å². The maximum absolute atomic E-state index is 2.36. The Labute approximate surface area is 121 Å². The van der Waals surface area contributed by atoms with E-state index in [4.69, 9.17) is 0 Å². The molecule has 0 N–H and O–H groups in total. The van der Waals surface area contributed by atoms with Crippen LogP contribution >= 0.6 is 0 Å². The fourth-order valence-electron chi connectivity index (χ4n) is 0.906. The minimum absolute atomic E-state index is 0. The Balaban J connectivity index is -0.0000000332. The van der Waals surface area contributed by atoms with Crippen molar-refractivity contribution in [3.05, 3.63) is 0 Å². The number of nitrogens with zero attached hydrogens (tertiary/aromatic N) is 2. The van der Waals surface area contributed by atoms with Gasteiger partial charge in [-0.15, -0.1) is 0 Å². The van der Waals surface area contributed by atoms with Crippen molar-refractivity contribution < 1.29 is 1.43 Å². The molecule has 0 aromatic heterocycles. The Morgan fingerprint density at radius 1 is 0.444 bits per heavy atom. The van der Waals surface area contributed by atoms with E-state index in [-0.39, 0.29) is 1.43 Å². The summed E-state index contributed by atoms with van der Waals surface area (Å²) < 4.78 is 0. The van der Waals surface area contributed by atoms with Gasteiger partial charge in [0.2, 0.25) is 0 Å². The molecule has 0 amide bonds. The molecule has 0 aromatic rings. The second-order valence-electron chi connectivity index (χ2n) is 2.61. The van der Waals surface area contributed by atoms with Gasteiger partial charge in [0, 0.05) is 27.6 Å². The molecule has 0 spiro atoms. The lowest BCUT2D eigenvalue weighted by atomic mass is 10.4. The summed E-state index contributed by atoms with van der Waals surface area (Å²) in [6.45, 7) is 24.9. The summed E-state index contributed by atoms with van der Waals surface area (Å²) in [5, 5.41) is 0.